The Morgan fingerprint density at radius 1 is 1.33 bits per heavy atom. The zero-order valence-corrected chi connectivity index (χ0v) is 14.4. The van der Waals surface area contributed by atoms with Crippen molar-refractivity contribution in [3.05, 3.63) is 29.9 Å². The van der Waals surface area contributed by atoms with Crippen molar-refractivity contribution in [2.45, 2.75) is 32.4 Å². The number of anilines is 1. The van der Waals surface area contributed by atoms with Crippen LogP contribution in [0.1, 0.15) is 0 Å². The van der Waals surface area contributed by atoms with Gasteiger partial charge in [0.2, 0.25) is 0 Å². The lowest BCUT2D eigenvalue weighted by atomic mass is 10.2. The molecule has 7 heteroatoms. The molecule has 2 rings (SSSR count). The summed E-state index contributed by atoms with van der Waals surface area (Å²) in [5.74, 6) is 0. The van der Waals surface area contributed by atoms with E-state index in [0.29, 0.717) is 17.6 Å². The van der Waals surface area contributed by atoms with E-state index < -0.39 is 8.07 Å². The second kappa shape index (κ2) is 6.59. The molecule has 0 amide bonds. The number of pyridine rings is 1. The summed E-state index contributed by atoms with van der Waals surface area (Å²) in [7, 11) is -1.07. The molecule has 2 aromatic rings. The highest BCUT2D eigenvalue weighted by Crippen LogP contribution is 2.26. The fourth-order valence-electron chi connectivity index (χ4n) is 1.85. The second-order valence-corrected chi connectivity index (χ2v) is 12.2. The molecule has 5 nitrogen and oxygen atoms in total. The molecule has 0 aliphatic carbocycles. The number of hydrogen-bond acceptors (Lipinski definition) is 4. The van der Waals surface area contributed by atoms with Crippen molar-refractivity contribution in [3.63, 3.8) is 0 Å². The molecular weight excluding hydrogens is 304 g/mol. The average Bonchev–Trinajstić information content (AvgIpc) is 2.82. The minimum Gasteiger partial charge on any atom is -0.398 e. The molecule has 2 aromatic heterocycles. The molecule has 114 valence electrons. The first-order chi connectivity index (χ1) is 9.87. The van der Waals surface area contributed by atoms with Gasteiger partial charge in [0.05, 0.1) is 18.2 Å². The Labute approximate surface area is 131 Å². The first-order valence-electron chi connectivity index (χ1n) is 6.86. The van der Waals surface area contributed by atoms with Crippen molar-refractivity contribution >= 4 is 25.4 Å². The van der Waals surface area contributed by atoms with Crippen LogP contribution in [0.25, 0.3) is 11.3 Å². The van der Waals surface area contributed by atoms with Gasteiger partial charge in [-0.1, -0.05) is 31.2 Å². The van der Waals surface area contributed by atoms with Crippen LogP contribution in [0, 0.1) is 0 Å². The van der Waals surface area contributed by atoms with E-state index in [1.807, 2.05) is 4.57 Å². The molecule has 0 atom stereocenters. The molecule has 0 aromatic carbocycles. The van der Waals surface area contributed by atoms with Crippen LogP contribution >= 0.6 is 11.6 Å². The molecule has 0 radical (unpaired) electrons. The van der Waals surface area contributed by atoms with Gasteiger partial charge in [-0.3, -0.25) is 0 Å². The topological polar surface area (TPSA) is 66.0 Å². The van der Waals surface area contributed by atoms with Crippen LogP contribution in [0.2, 0.25) is 30.8 Å². The van der Waals surface area contributed by atoms with Crippen molar-refractivity contribution in [1.29, 1.82) is 0 Å². The molecule has 0 saturated carbocycles. The van der Waals surface area contributed by atoms with Crippen LogP contribution in [-0.4, -0.2) is 29.2 Å². The third-order valence-electron chi connectivity index (χ3n) is 3.12. The van der Waals surface area contributed by atoms with Gasteiger partial charge < -0.3 is 15.0 Å². The third kappa shape index (κ3) is 4.55. The van der Waals surface area contributed by atoms with Gasteiger partial charge in [0.1, 0.15) is 11.9 Å². The Balaban J connectivity index is 2.05. The number of halogens is 1. The maximum Gasteiger partial charge on any atom is 0.131 e. The predicted octanol–water partition coefficient (Wildman–Crippen LogP) is 3.49. The van der Waals surface area contributed by atoms with Gasteiger partial charge in [0.25, 0.3) is 0 Å². The first-order valence-corrected chi connectivity index (χ1v) is 10.9. The lowest BCUT2D eigenvalue weighted by molar-refractivity contribution is 0.0882. The standard InChI is InChI=1S/C14H21ClN4OSi/c1-21(2,3)5-4-20-10-19-9-17-8-13(19)11-7-18-14(15)6-12(11)16/h6-9H,4-5,10H2,1-3H3,(H2,16,18). The van der Waals surface area contributed by atoms with E-state index in [1.54, 1.807) is 24.8 Å². The van der Waals surface area contributed by atoms with Gasteiger partial charge in [-0.05, 0) is 12.1 Å². The molecule has 0 spiro atoms. The van der Waals surface area contributed by atoms with E-state index in [0.717, 1.165) is 23.9 Å². The molecule has 21 heavy (non-hydrogen) atoms. The first kappa shape index (κ1) is 16.0. The van der Waals surface area contributed by atoms with Gasteiger partial charge in [0, 0.05) is 32.1 Å². The van der Waals surface area contributed by atoms with E-state index in [1.165, 1.54) is 0 Å². The van der Waals surface area contributed by atoms with E-state index in [-0.39, 0.29) is 0 Å². The molecule has 0 fully saturated rings. The highest BCUT2D eigenvalue weighted by atomic mass is 35.5. The van der Waals surface area contributed by atoms with Crippen LogP contribution in [0.5, 0.6) is 0 Å². The largest absolute Gasteiger partial charge is 0.398 e. The smallest absolute Gasteiger partial charge is 0.131 e. The number of nitrogens with zero attached hydrogens (tertiary/aromatic N) is 3. The molecule has 0 bridgehead atoms. The lowest BCUT2D eigenvalue weighted by Gasteiger charge is -2.16. The summed E-state index contributed by atoms with van der Waals surface area (Å²) >= 11 is 5.83. The summed E-state index contributed by atoms with van der Waals surface area (Å²) in [5, 5.41) is 0.383. The Kier molecular flexibility index (Phi) is 5.03. The Bertz CT molecular complexity index is 609. The van der Waals surface area contributed by atoms with Gasteiger partial charge in [0.15, 0.2) is 0 Å². The number of rotatable bonds is 6. The summed E-state index contributed by atoms with van der Waals surface area (Å²) in [4.78, 5) is 8.24. The van der Waals surface area contributed by atoms with Gasteiger partial charge in [-0.25, -0.2) is 9.97 Å². The predicted molar refractivity (Wildman–Crippen MR) is 89.0 cm³/mol. The monoisotopic (exact) mass is 324 g/mol. The number of imidazole rings is 1. The highest BCUT2D eigenvalue weighted by Gasteiger charge is 2.13. The summed E-state index contributed by atoms with van der Waals surface area (Å²) in [6.07, 6.45) is 5.15. The highest BCUT2D eigenvalue weighted by molar-refractivity contribution is 6.76. The Morgan fingerprint density at radius 3 is 2.76 bits per heavy atom. The Morgan fingerprint density at radius 2 is 2.10 bits per heavy atom. The van der Waals surface area contributed by atoms with Crippen molar-refractivity contribution in [2.24, 2.45) is 0 Å². The van der Waals surface area contributed by atoms with Crippen LogP contribution < -0.4 is 5.73 Å². The second-order valence-electron chi connectivity index (χ2n) is 6.19. The van der Waals surface area contributed by atoms with Crippen molar-refractivity contribution in [1.82, 2.24) is 14.5 Å². The SMILES string of the molecule is C[Si](C)(C)CCOCn1cncc1-c1cnc(Cl)cc1N. The zero-order valence-electron chi connectivity index (χ0n) is 12.6. The van der Waals surface area contributed by atoms with Gasteiger partial charge >= 0.3 is 0 Å². The fourth-order valence-corrected chi connectivity index (χ4v) is 2.77. The van der Waals surface area contributed by atoms with E-state index >= 15 is 0 Å². The number of nitrogen functional groups attached to an aromatic ring is 1. The molecule has 2 heterocycles. The quantitative estimate of drug-likeness (QED) is 0.502. The van der Waals surface area contributed by atoms with Crippen molar-refractivity contribution in [2.75, 3.05) is 12.3 Å². The molecular formula is C14H21ClN4OSi. The van der Waals surface area contributed by atoms with Crippen LogP contribution in [-0.2, 0) is 11.5 Å². The Hall–Kier alpha value is -1.37. The minimum absolute atomic E-state index is 0.383. The number of ether oxygens (including phenoxy) is 1. The molecule has 0 unspecified atom stereocenters. The van der Waals surface area contributed by atoms with E-state index in [4.69, 9.17) is 22.1 Å². The summed E-state index contributed by atoms with van der Waals surface area (Å²) in [6, 6.07) is 2.78. The fraction of sp³-hybridized carbons (Fsp3) is 0.429. The molecule has 2 N–H and O–H groups in total. The van der Waals surface area contributed by atoms with E-state index in [9.17, 15) is 0 Å². The lowest BCUT2D eigenvalue weighted by Crippen LogP contribution is -2.22. The summed E-state index contributed by atoms with van der Waals surface area (Å²) in [5.41, 5.74) is 8.27. The maximum absolute atomic E-state index is 5.99. The number of hydrogen-bond donors (Lipinski definition) is 1. The van der Waals surface area contributed by atoms with Crippen molar-refractivity contribution < 1.29 is 4.74 Å². The third-order valence-corrected chi connectivity index (χ3v) is 5.03. The average molecular weight is 325 g/mol. The minimum atomic E-state index is -1.07. The molecule has 0 saturated heterocycles. The maximum atomic E-state index is 5.99. The van der Waals surface area contributed by atoms with Crippen LogP contribution in [0.4, 0.5) is 5.69 Å². The molecule has 0 aliphatic rings. The number of aromatic nitrogens is 3. The number of nitrogens with two attached hydrogens (primary N) is 1. The summed E-state index contributed by atoms with van der Waals surface area (Å²) in [6.45, 7) is 8.22. The van der Waals surface area contributed by atoms with Crippen LogP contribution in [0.15, 0.2) is 24.8 Å². The van der Waals surface area contributed by atoms with E-state index in [2.05, 4.69) is 29.6 Å². The normalized spacial score (nSPS) is 11.8. The van der Waals surface area contributed by atoms with Crippen molar-refractivity contribution in [3.8, 4) is 11.3 Å². The van der Waals surface area contributed by atoms with Gasteiger partial charge in [-0.15, -0.1) is 0 Å². The summed E-state index contributed by atoms with van der Waals surface area (Å²) < 4.78 is 7.67. The molecule has 0 aliphatic heterocycles. The zero-order chi connectivity index (χ0) is 15.5. The van der Waals surface area contributed by atoms with Crippen LogP contribution in [0.3, 0.4) is 0 Å². The van der Waals surface area contributed by atoms with Gasteiger partial charge in [-0.2, -0.15) is 0 Å².